The summed E-state index contributed by atoms with van der Waals surface area (Å²) in [5.41, 5.74) is 7.50. The molecule has 3 heteroatoms. The Labute approximate surface area is 192 Å². The third kappa shape index (κ3) is 3.35. The fourth-order valence-electron chi connectivity index (χ4n) is 4.52. The molecule has 1 N–H and O–H groups in total. The molecule has 0 saturated heterocycles. The van der Waals surface area contributed by atoms with E-state index in [2.05, 4.69) is 30.3 Å². The van der Waals surface area contributed by atoms with E-state index in [-0.39, 0.29) is 11.9 Å². The lowest BCUT2D eigenvalue weighted by atomic mass is 9.86. The Morgan fingerprint density at radius 1 is 0.636 bits per heavy atom. The molecule has 3 nitrogen and oxygen atoms in total. The average molecular weight is 428 g/mol. The summed E-state index contributed by atoms with van der Waals surface area (Å²) in [7, 11) is 0. The van der Waals surface area contributed by atoms with Crippen molar-refractivity contribution in [2.24, 2.45) is 0 Å². The average Bonchev–Trinajstić information content (AvgIpc) is 2.89. The highest BCUT2D eigenvalue weighted by Crippen LogP contribution is 2.48. The number of hydrogen-bond donors (Lipinski definition) is 1. The van der Waals surface area contributed by atoms with Crippen molar-refractivity contribution in [1.82, 2.24) is 4.98 Å². The summed E-state index contributed by atoms with van der Waals surface area (Å²) in [5, 5.41) is 10.6. The van der Waals surface area contributed by atoms with Crippen LogP contribution in [0.2, 0.25) is 0 Å². The van der Waals surface area contributed by atoms with Gasteiger partial charge >= 0.3 is 0 Å². The maximum Gasteiger partial charge on any atom is 0.152 e. The third-order valence-corrected chi connectivity index (χ3v) is 6.07. The topological polar surface area (TPSA) is 42.4 Å². The van der Waals surface area contributed by atoms with E-state index in [1.807, 2.05) is 78.9 Å². The maximum absolute atomic E-state index is 10.6. The molecule has 0 fully saturated rings. The van der Waals surface area contributed by atoms with E-state index >= 15 is 0 Å². The van der Waals surface area contributed by atoms with E-state index in [4.69, 9.17) is 9.72 Å². The number of nitrogens with zero attached hydrogens (tertiary/aromatic N) is 1. The number of ether oxygens (including phenoxy) is 1. The van der Waals surface area contributed by atoms with Crippen molar-refractivity contribution in [2.75, 3.05) is 0 Å². The lowest BCUT2D eigenvalue weighted by Crippen LogP contribution is -2.18. The van der Waals surface area contributed by atoms with Gasteiger partial charge in [0.1, 0.15) is 11.5 Å². The molecule has 2 heterocycles. The second-order valence-electron chi connectivity index (χ2n) is 8.11. The first-order chi connectivity index (χ1) is 16.3. The largest absolute Gasteiger partial charge is 0.507 e. The number of rotatable bonds is 3. The fraction of sp³-hybridized carbons (Fsp3) is 0.0333. The molecule has 1 aliphatic rings. The van der Waals surface area contributed by atoms with E-state index in [0.717, 1.165) is 45.0 Å². The van der Waals surface area contributed by atoms with Crippen LogP contribution in [0.3, 0.4) is 0 Å². The van der Waals surface area contributed by atoms with Crippen LogP contribution in [0, 0.1) is 0 Å². The molecular weight excluding hydrogens is 406 g/mol. The van der Waals surface area contributed by atoms with Gasteiger partial charge in [0, 0.05) is 16.7 Å². The third-order valence-electron chi connectivity index (χ3n) is 6.07. The van der Waals surface area contributed by atoms with Gasteiger partial charge in [-0.05, 0) is 47.0 Å². The summed E-state index contributed by atoms with van der Waals surface area (Å²) in [5.74, 6) is 1.02. The van der Waals surface area contributed by atoms with Crippen molar-refractivity contribution < 1.29 is 9.84 Å². The van der Waals surface area contributed by atoms with Crippen LogP contribution < -0.4 is 4.74 Å². The van der Waals surface area contributed by atoms with Crippen molar-refractivity contribution in [1.29, 1.82) is 0 Å². The molecule has 0 saturated carbocycles. The lowest BCUT2D eigenvalue weighted by molar-refractivity contribution is 0.243. The molecule has 6 rings (SSSR count). The Hall–Kier alpha value is -4.37. The highest BCUT2D eigenvalue weighted by Gasteiger charge is 2.32. The highest BCUT2D eigenvalue weighted by atomic mass is 16.5. The van der Waals surface area contributed by atoms with Crippen LogP contribution in [0.4, 0.5) is 0 Å². The first-order valence-corrected chi connectivity index (χ1v) is 11.0. The van der Waals surface area contributed by atoms with Gasteiger partial charge in [-0.2, -0.15) is 0 Å². The molecule has 0 aliphatic carbocycles. The number of aromatic hydroxyl groups is 1. The van der Waals surface area contributed by atoms with E-state index < -0.39 is 0 Å². The lowest BCUT2D eigenvalue weighted by Gasteiger charge is -2.31. The minimum Gasteiger partial charge on any atom is -0.507 e. The zero-order chi connectivity index (χ0) is 22.2. The molecule has 0 bridgehead atoms. The van der Waals surface area contributed by atoms with Crippen molar-refractivity contribution in [3.8, 4) is 45.1 Å². The van der Waals surface area contributed by atoms with E-state index in [1.54, 1.807) is 6.07 Å². The minimum absolute atomic E-state index is 0.212. The molecule has 1 aromatic heterocycles. The predicted molar refractivity (Wildman–Crippen MR) is 131 cm³/mol. The molecule has 1 aliphatic heterocycles. The quantitative estimate of drug-likeness (QED) is 0.329. The molecule has 5 aromatic rings. The fourth-order valence-corrected chi connectivity index (χ4v) is 4.52. The van der Waals surface area contributed by atoms with Gasteiger partial charge in [0.25, 0.3) is 0 Å². The number of para-hydroxylation sites is 2. The van der Waals surface area contributed by atoms with Crippen LogP contribution in [0.1, 0.15) is 17.2 Å². The molecular formula is C30H21NO2. The van der Waals surface area contributed by atoms with Crippen molar-refractivity contribution in [3.63, 3.8) is 0 Å². The van der Waals surface area contributed by atoms with Gasteiger partial charge in [-0.3, -0.25) is 0 Å². The smallest absolute Gasteiger partial charge is 0.152 e. The number of benzene rings is 4. The molecule has 1 unspecified atom stereocenters. The van der Waals surface area contributed by atoms with Gasteiger partial charge in [0.15, 0.2) is 6.10 Å². The molecule has 0 amide bonds. The summed E-state index contributed by atoms with van der Waals surface area (Å²) in [6.07, 6.45) is -0.294. The Morgan fingerprint density at radius 2 is 1.27 bits per heavy atom. The second-order valence-corrected chi connectivity index (χ2v) is 8.11. The number of aromatic nitrogens is 1. The predicted octanol–water partition coefficient (Wildman–Crippen LogP) is 7.27. The number of phenols is 1. The Bertz CT molecular complexity index is 1430. The standard InChI is InChI=1S/C30H21NO2/c32-26-17-9-7-15-22(26)25-19-24(20-11-3-1-4-12-20)28-29(31-25)23-16-8-10-18-27(23)33-30(28)21-13-5-2-6-14-21/h1-19,30,32H. The summed E-state index contributed by atoms with van der Waals surface area (Å²) in [4.78, 5) is 5.11. The first kappa shape index (κ1) is 19.3. The Morgan fingerprint density at radius 3 is 2.03 bits per heavy atom. The summed E-state index contributed by atoms with van der Waals surface area (Å²) in [6.45, 7) is 0. The van der Waals surface area contributed by atoms with Gasteiger partial charge < -0.3 is 9.84 Å². The van der Waals surface area contributed by atoms with Crippen LogP contribution in [0.25, 0.3) is 33.6 Å². The van der Waals surface area contributed by atoms with Gasteiger partial charge in [0.05, 0.1) is 11.4 Å². The molecule has 0 spiro atoms. The van der Waals surface area contributed by atoms with Crippen molar-refractivity contribution in [2.45, 2.75) is 6.10 Å². The normalized spacial score (nSPS) is 14.1. The summed E-state index contributed by atoms with van der Waals surface area (Å²) < 4.78 is 6.59. The van der Waals surface area contributed by atoms with Gasteiger partial charge in [-0.1, -0.05) is 84.9 Å². The van der Waals surface area contributed by atoms with Crippen LogP contribution in [0.5, 0.6) is 11.5 Å². The minimum atomic E-state index is -0.294. The molecule has 158 valence electrons. The SMILES string of the molecule is Oc1ccccc1-c1cc(-c2ccccc2)c2c(n1)-c1ccccc1OC2c1ccccc1. The van der Waals surface area contributed by atoms with Gasteiger partial charge in [0.2, 0.25) is 0 Å². The number of pyridine rings is 1. The van der Waals surface area contributed by atoms with Crippen molar-refractivity contribution >= 4 is 0 Å². The van der Waals surface area contributed by atoms with Crippen LogP contribution in [0.15, 0.2) is 115 Å². The van der Waals surface area contributed by atoms with E-state index in [1.165, 1.54) is 0 Å². The van der Waals surface area contributed by atoms with Gasteiger partial charge in [-0.25, -0.2) is 4.98 Å². The zero-order valence-corrected chi connectivity index (χ0v) is 17.8. The number of fused-ring (bicyclic) bond motifs is 3. The monoisotopic (exact) mass is 427 g/mol. The first-order valence-electron chi connectivity index (χ1n) is 11.0. The second kappa shape index (κ2) is 7.95. The number of phenolic OH excluding ortho intramolecular Hbond substituents is 1. The number of hydrogen-bond acceptors (Lipinski definition) is 3. The molecule has 4 aromatic carbocycles. The molecule has 0 radical (unpaired) electrons. The van der Waals surface area contributed by atoms with Gasteiger partial charge in [-0.15, -0.1) is 0 Å². The molecule has 1 atom stereocenters. The Balaban J connectivity index is 1.70. The maximum atomic E-state index is 10.6. The molecule has 33 heavy (non-hydrogen) atoms. The van der Waals surface area contributed by atoms with E-state index in [0.29, 0.717) is 5.56 Å². The van der Waals surface area contributed by atoms with Crippen LogP contribution >= 0.6 is 0 Å². The Kier molecular flexibility index (Phi) is 4.66. The summed E-state index contributed by atoms with van der Waals surface area (Å²) >= 11 is 0. The summed E-state index contributed by atoms with van der Waals surface area (Å²) in [6, 6.07) is 38.0. The van der Waals surface area contributed by atoms with Crippen LogP contribution in [-0.4, -0.2) is 10.1 Å². The highest BCUT2D eigenvalue weighted by molar-refractivity contribution is 5.85. The van der Waals surface area contributed by atoms with Crippen molar-refractivity contribution in [3.05, 3.63) is 126 Å². The van der Waals surface area contributed by atoms with Crippen LogP contribution in [-0.2, 0) is 0 Å². The zero-order valence-electron chi connectivity index (χ0n) is 17.8. The van der Waals surface area contributed by atoms with E-state index in [9.17, 15) is 5.11 Å².